The Hall–Kier alpha value is -2.76. The number of nitrogens with zero attached hydrogens (tertiary/aromatic N) is 4. The van der Waals surface area contributed by atoms with Crippen molar-refractivity contribution in [3.8, 4) is 0 Å². The Labute approximate surface area is 165 Å². The van der Waals surface area contributed by atoms with Gasteiger partial charge in [-0.05, 0) is 36.5 Å². The Kier molecular flexibility index (Phi) is 5.65. The maximum atomic E-state index is 12.8. The number of hydrogen-bond donors (Lipinski definition) is 0. The molecule has 0 spiro atoms. The van der Waals surface area contributed by atoms with Gasteiger partial charge in [0.05, 0.1) is 6.20 Å². The van der Waals surface area contributed by atoms with Crippen LogP contribution in [0.2, 0.25) is 0 Å². The molecule has 2 aliphatic rings. The van der Waals surface area contributed by atoms with Crippen LogP contribution < -0.4 is 0 Å². The van der Waals surface area contributed by atoms with E-state index in [9.17, 15) is 9.59 Å². The fraction of sp³-hybridized carbons (Fsp3) is 0.455. The number of carbonyl (C=O) groups excluding carboxylic acids is 2. The molecule has 6 heteroatoms. The fourth-order valence-electron chi connectivity index (χ4n) is 4.20. The highest BCUT2D eigenvalue weighted by atomic mass is 16.2. The minimum atomic E-state index is -0.128. The zero-order chi connectivity index (χ0) is 19.3. The van der Waals surface area contributed by atoms with Crippen molar-refractivity contribution in [1.82, 2.24) is 19.8 Å². The van der Waals surface area contributed by atoms with Crippen molar-refractivity contribution in [2.45, 2.75) is 38.0 Å². The van der Waals surface area contributed by atoms with Gasteiger partial charge in [0.25, 0.3) is 11.8 Å². The number of aromatic nitrogens is 2. The van der Waals surface area contributed by atoms with E-state index in [1.54, 1.807) is 11.1 Å². The van der Waals surface area contributed by atoms with E-state index >= 15 is 0 Å². The zero-order valence-electron chi connectivity index (χ0n) is 16.1. The molecule has 1 aromatic heterocycles. The van der Waals surface area contributed by atoms with Crippen LogP contribution in [0.15, 0.2) is 42.9 Å². The number of carbonyl (C=O) groups is 2. The molecule has 1 aromatic carbocycles. The zero-order valence-corrected chi connectivity index (χ0v) is 16.1. The van der Waals surface area contributed by atoms with Gasteiger partial charge in [0.2, 0.25) is 0 Å². The van der Waals surface area contributed by atoms with E-state index in [0.29, 0.717) is 37.8 Å². The Morgan fingerprint density at radius 1 is 0.821 bits per heavy atom. The number of benzene rings is 1. The molecule has 2 amide bonds. The van der Waals surface area contributed by atoms with Crippen LogP contribution in [0, 0.1) is 0 Å². The van der Waals surface area contributed by atoms with E-state index in [1.165, 1.54) is 50.1 Å². The lowest BCUT2D eigenvalue weighted by Crippen LogP contribution is -2.50. The number of rotatable bonds is 3. The van der Waals surface area contributed by atoms with Crippen molar-refractivity contribution in [1.29, 1.82) is 0 Å². The molecule has 0 radical (unpaired) electrons. The maximum absolute atomic E-state index is 12.8. The van der Waals surface area contributed by atoms with Crippen LogP contribution in [0.3, 0.4) is 0 Å². The molecule has 0 atom stereocenters. The molecule has 2 aromatic rings. The maximum Gasteiger partial charge on any atom is 0.274 e. The molecule has 1 aliphatic carbocycles. The second-order valence-corrected chi connectivity index (χ2v) is 7.63. The molecular formula is C22H26N4O2. The summed E-state index contributed by atoms with van der Waals surface area (Å²) in [7, 11) is 0. The topological polar surface area (TPSA) is 66.4 Å². The van der Waals surface area contributed by atoms with Gasteiger partial charge in [0.15, 0.2) is 0 Å². The standard InChI is InChI=1S/C22H26N4O2/c27-21(19-8-6-18(7-9-19)17-4-2-1-3-5-17)25-12-14-26(15-13-25)22(28)20-16-23-10-11-24-20/h6-11,16-17H,1-5,12-15H2. The second kappa shape index (κ2) is 8.50. The van der Waals surface area contributed by atoms with E-state index in [2.05, 4.69) is 22.1 Å². The summed E-state index contributed by atoms with van der Waals surface area (Å²) < 4.78 is 0. The van der Waals surface area contributed by atoms with Crippen LogP contribution in [0.5, 0.6) is 0 Å². The van der Waals surface area contributed by atoms with Crippen LogP contribution in [0.4, 0.5) is 0 Å². The Morgan fingerprint density at radius 2 is 1.46 bits per heavy atom. The van der Waals surface area contributed by atoms with E-state index in [4.69, 9.17) is 0 Å². The van der Waals surface area contributed by atoms with Gasteiger partial charge in [-0.15, -0.1) is 0 Å². The van der Waals surface area contributed by atoms with Crippen molar-refractivity contribution >= 4 is 11.8 Å². The van der Waals surface area contributed by atoms with Crippen molar-refractivity contribution in [2.24, 2.45) is 0 Å². The first-order chi connectivity index (χ1) is 13.7. The summed E-state index contributed by atoms with van der Waals surface area (Å²) in [5, 5.41) is 0. The van der Waals surface area contributed by atoms with Crippen LogP contribution in [0.1, 0.15) is 64.4 Å². The summed E-state index contributed by atoms with van der Waals surface area (Å²) in [4.78, 5) is 36.9. The molecule has 2 fully saturated rings. The summed E-state index contributed by atoms with van der Waals surface area (Å²) >= 11 is 0. The number of hydrogen-bond acceptors (Lipinski definition) is 4. The SMILES string of the molecule is O=C(c1ccc(C2CCCCC2)cc1)N1CCN(C(=O)c2cnccn2)CC1. The first-order valence-electron chi connectivity index (χ1n) is 10.2. The normalized spacial score (nSPS) is 18.1. The van der Waals surface area contributed by atoms with Gasteiger partial charge in [0.1, 0.15) is 5.69 Å². The summed E-state index contributed by atoms with van der Waals surface area (Å²) in [6.45, 7) is 2.10. The average Bonchev–Trinajstić information content (AvgIpc) is 2.79. The fourth-order valence-corrected chi connectivity index (χ4v) is 4.20. The third-order valence-corrected chi connectivity index (χ3v) is 5.87. The van der Waals surface area contributed by atoms with E-state index in [-0.39, 0.29) is 11.8 Å². The summed E-state index contributed by atoms with van der Waals surface area (Å²) in [6.07, 6.45) is 11.0. The van der Waals surface area contributed by atoms with Crippen LogP contribution in [0.25, 0.3) is 0 Å². The monoisotopic (exact) mass is 378 g/mol. The summed E-state index contributed by atoms with van der Waals surface area (Å²) in [5.41, 5.74) is 2.43. The van der Waals surface area contributed by atoms with Gasteiger partial charge in [-0.1, -0.05) is 31.4 Å². The Morgan fingerprint density at radius 3 is 2.07 bits per heavy atom. The molecule has 0 N–H and O–H groups in total. The van der Waals surface area contributed by atoms with E-state index in [0.717, 1.165) is 5.56 Å². The van der Waals surface area contributed by atoms with Gasteiger partial charge >= 0.3 is 0 Å². The molecule has 2 heterocycles. The molecular weight excluding hydrogens is 352 g/mol. The molecule has 0 unspecified atom stereocenters. The Bertz CT molecular complexity index is 808. The number of piperazine rings is 1. The lowest BCUT2D eigenvalue weighted by Gasteiger charge is -2.34. The van der Waals surface area contributed by atoms with E-state index in [1.807, 2.05) is 17.0 Å². The van der Waals surface area contributed by atoms with Crippen molar-refractivity contribution in [2.75, 3.05) is 26.2 Å². The molecule has 146 valence electrons. The first-order valence-corrected chi connectivity index (χ1v) is 10.2. The minimum absolute atomic E-state index is 0.0433. The summed E-state index contributed by atoms with van der Waals surface area (Å²) in [5.74, 6) is 0.562. The second-order valence-electron chi connectivity index (χ2n) is 7.63. The predicted octanol–water partition coefficient (Wildman–Crippen LogP) is 3.12. The third kappa shape index (κ3) is 4.06. The minimum Gasteiger partial charge on any atom is -0.335 e. The first kappa shape index (κ1) is 18.6. The van der Waals surface area contributed by atoms with Crippen molar-refractivity contribution < 1.29 is 9.59 Å². The predicted molar refractivity (Wildman–Crippen MR) is 106 cm³/mol. The highest BCUT2D eigenvalue weighted by Crippen LogP contribution is 2.32. The molecule has 1 saturated carbocycles. The lowest BCUT2D eigenvalue weighted by molar-refractivity contribution is 0.0532. The molecule has 1 saturated heterocycles. The van der Waals surface area contributed by atoms with Gasteiger partial charge in [0, 0.05) is 44.1 Å². The quantitative estimate of drug-likeness (QED) is 0.823. The molecule has 0 bridgehead atoms. The highest BCUT2D eigenvalue weighted by molar-refractivity contribution is 5.95. The van der Waals surface area contributed by atoms with Crippen LogP contribution in [-0.2, 0) is 0 Å². The van der Waals surface area contributed by atoms with E-state index < -0.39 is 0 Å². The lowest BCUT2D eigenvalue weighted by atomic mass is 9.84. The third-order valence-electron chi connectivity index (χ3n) is 5.87. The van der Waals surface area contributed by atoms with Crippen LogP contribution in [-0.4, -0.2) is 57.8 Å². The van der Waals surface area contributed by atoms with Crippen molar-refractivity contribution in [3.05, 3.63) is 59.7 Å². The van der Waals surface area contributed by atoms with Gasteiger partial charge in [-0.3, -0.25) is 14.6 Å². The molecule has 4 rings (SSSR count). The number of amides is 2. The van der Waals surface area contributed by atoms with Gasteiger partial charge in [-0.2, -0.15) is 0 Å². The van der Waals surface area contributed by atoms with Crippen molar-refractivity contribution in [3.63, 3.8) is 0 Å². The largest absolute Gasteiger partial charge is 0.335 e. The van der Waals surface area contributed by atoms with Crippen LogP contribution >= 0.6 is 0 Å². The van der Waals surface area contributed by atoms with Gasteiger partial charge < -0.3 is 9.80 Å². The average molecular weight is 378 g/mol. The molecule has 28 heavy (non-hydrogen) atoms. The smallest absolute Gasteiger partial charge is 0.274 e. The molecule has 6 nitrogen and oxygen atoms in total. The summed E-state index contributed by atoms with van der Waals surface area (Å²) in [6, 6.07) is 8.17. The molecule has 1 aliphatic heterocycles. The Balaban J connectivity index is 1.34. The van der Waals surface area contributed by atoms with Gasteiger partial charge in [-0.25, -0.2) is 4.98 Å². The highest BCUT2D eigenvalue weighted by Gasteiger charge is 2.26.